The molecule has 0 aromatic heterocycles. The van der Waals surface area contributed by atoms with Crippen LogP contribution in [0.1, 0.15) is 63.8 Å². The molecule has 0 bridgehead atoms. The summed E-state index contributed by atoms with van der Waals surface area (Å²) >= 11 is 0. The molecule has 9 rings (SSSR count). The van der Waals surface area contributed by atoms with Gasteiger partial charge in [-0.25, -0.2) is 0 Å². The third kappa shape index (κ3) is 3.85. The molecule has 0 saturated carbocycles. The maximum absolute atomic E-state index is 2.48. The maximum atomic E-state index is 2.48. The van der Waals surface area contributed by atoms with Gasteiger partial charge in [0.05, 0.1) is 0 Å². The monoisotopic (exact) mass is 619 g/mol. The molecule has 0 radical (unpaired) electrons. The molecule has 0 fully saturated rings. The zero-order valence-electron chi connectivity index (χ0n) is 28.7. The molecule has 0 amide bonds. The van der Waals surface area contributed by atoms with Crippen LogP contribution in [0.3, 0.4) is 0 Å². The van der Waals surface area contributed by atoms with E-state index in [1.54, 1.807) is 0 Å². The smallest absolute Gasteiger partial charge is 0.0465 e. The first-order valence-corrected chi connectivity index (χ1v) is 17.3. The molecule has 2 aliphatic carbocycles. The average molecular weight is 620 g/mol. The summed E-state index contributed by atoms with van der Waals surface area (Å²) in [6.07, 6.45) is 0. The van der Waals surface area contributed by atoms with E-state index in [-0.39, 0.29) is 16.2 Å². The lowest BCUT2D eigenvalue weighted by atomic mass is 9.54. The molecule has 0 saturated heterocycles. The van der Waals surface area contributed by atoms with Gasteiger partial charge in [0.25, 0.3) is 0 Å². The second-order valence-corrected chi connectivity index (χ2v) is 15.4. The van der Waals surface area contributed by atoms with E-state index in [0.29, 0.717) is 0 Å². The first-order chi connectivity index (χ1) is 23.1. The van der Waals surface area contributed by atoms with Crippen molar-refractivity contribution in [2.45, 2.75) is 57.8 Å². The van der Waals surface area contributed by atoms with Crippen LogP contribution in [0.2, 0.25) is 0 Å². The lowest BCUT2D eigenvalue weighted by Crippen LogP contribution is -2.43. The van der Waals surface area contributed by atoms with Gasteiger partial charge in [0.1, 0.15) is 0 Å². The first-order valence-electron chi connectivity index (χ1n) is 17.3. The summed E-state index contributed by atoms with van der Waals surface area (Å²) in [6.45, 7) is 14.5. The summed E-state index contributed by atoms with van der Waals surface area (Å²) < 4.78 is 0. The minimum Gasteiger partial charge on any atom is -0.310 e. The van der Waals surface area contributed by atoms with Crippen molar-refractivity contribution in [3.05, 3.63) is 162 Å². The van der Waals surface area contributed by atoms with Crippen LogP contribution in [0.15, 0.2) is 140 Å². The van der Waals surface area contributed by atoms with Crippen molar-refractivity contribution in [3.8, 4) is 22.3 Å². The zero-order valence-corrected chi connectivity index (χ0v) is 28.7. The van der Waals surface area contributed by atoms with Gasteiger partial charge in [-0.05, 0) is 108 Å². The molecule has 0 N–H and O–H groups in total. The summed E-state index contributed by atoms with van der Waals surface area (Å²) in [5.41, 5.74) is 14.3. The molecule has 0 heterocycles. The van der Waals surface area contributed by atoms with Crippen LogP contribution in [0.4, 0.5) is 17.1 Å². The molecule has 1 nitrogen and oxygen atoms in total. The van der Waals surface area contributed by atoms with Gasteiger partial charge in [-0.3, -0.25) is 0 Å². The van der Waals surface area contributed by atoms with Gasteiger partial charge >= 0.3 is 0 Å². The van der Waals surface area contributed by atoms with E-state index in [9.17, 15) is 0 Å². The Morgan fingerprint density at radius 1 is 0.375 bits per heavy atom. The summed E-state index contributed by atoms with van der Waals surface area (Å²) in [4.78, 5) is 2.45. The predicted molar refractivity (Wildman–Crippen MR) is 205 cm³/mol. The van der Waals surface area contributed by atoms with E-state index in [1.165, 1.54) is 77.4 Å². The van der Waals surface area contributed by atoms with Crippen molar-refractivity contribution < 1.29 is 0 Å². The van der Waals surface area contributed by atoms with Gasteiger partial charge in [0.2, 0.25) is 0 Å². The van der Waals surface area contributed by atoms with Gasteiger partial charge in [-0.15, -0.1) is 0 Å². The lowest BCUT2D eigenvalue weighted by Gasteiger charge is -2.49. The standard InChI is InChI=1S/C47H41N/c1-45(2)41-19-13-12-18-36(41)37-24-21-32(28-42(37)45)48(31-15-8-7-9-16-31)33-22-25-38-40-27-26-35-34-17-11-10-14-30(34)20-23-39(35)44(40)47(5,6)46(3,4)43(38)29-33/h7-29H,1-6H3. The van der Waals surface area contributed by atoms with E-state index in [0.717, 1.165) is 5.69 Å². The molecule has 0 spiro atoms. The summed E-state index contributed by atoms with van der Waals surface area (Å²) in [5, 5.41) is 5.33. The fraction of sp³-hybridized carbons (Fsp3) is 0.191. The van der Waals surface area contributed by atoms with Gasteiger partial charge < -0.3 is 4.90 Å². The van der Waals surface area contributed by atoms with Gasteiger partial charge in [-0.1, -0.05) is 145 Å². The number of anilines is 3. The molecule has 1 heteroatoms. The zero-order chi connectivity index (χ0) is 33.0. The molecule has 7 aromatic carbocycles. The Bertz CT molecular complexity index is 2430. The highest BCUT2D eigenvalue weighted by molar-refractivity contribution is 6.11. The molecule has 0 unspecified atom stereocenters. The third-order valence-electron chi connectivity index (χ3n) is 12.2. The molecule has 48 heavy (non-hydrogen) atoms. The van der Waals surface area contributed by atoms with Crippen LogP contribution >= 0.6 is 0 Å². The molecule has 7 aromatic rings. The van der Waals surface area contributed by atoms with E-state index in [1.807, 2.05) is 0 Å². The summed E-state index contributed by atoms with van der Waals surface area (Å²) in [5.74, 6) is 0. The van der Waals surface area contributed by atoms with Crippen molar-refractivity contribution in [1.82, 2.24) is 0 Å². The van der Waals surface area contributed by atoms with Crippen molar-refractivity contribution in [1.29, 1.82) is 0 Å². The third-order valence-corrected chi connectivity index (χ3v) is 12.2. The minimum atomic E-state index is -0.130. The van der Waals surface area contributed by atoms with E-state index >= 15 is 0 Å². The van der Waals surface area contributed by atoms with Crippen molar-refractivity contribution in [2.75, 3.05) is 4.90 Å². The number of hydrogen-bond donors (Lipinski definition) is 0. The Balaban J connectivity index is 1.25. The summed E-state index contributed by atoms with van der Waals surface area (Å²) in [7, 11) is 0. The minimum absolute atomic E-state index is 0.0655. The van der Waals surface area contributed by atoms with E-state index < -0.39 is 0 Å². The largest absolute Gasteiger partial charge is 0.310 e. The Morgan fingerprint density at radius 3 is 1.73 bits per heavy atom. The second kappa shape index (κ2) is 9.94. The number of rotatable bonds is 3. The summed E-state index contributed by atoms with van der Waals surface area (Å²) in [6, 6.07) is 52.2. The fourth-order valence-corrected chi connectivity index (χ4v) is 8.91. The van der Waals surface area contributed by atoms with Gasteiger partial charge in [-0.2, -0.15) is 0 Å². The van der Waals surface area contributed by atoms with Crippen molar-refractivity contribution in [2.24, 2.45) is 0 Å². The first kappa shape index (κ1) is 29.0. The Kier molecular flexibility index (Phi) is 6.01. The highest BCUT2D eigenvalue weighted by Crippen LogP contribution is 2.57. The molecular formula is C47H41N. The van der Waals surface area contributed by atoms with Gasteiger partial charge in [0.15, 0.2) is 0 Å². The highest BCUT2D eigenvalue weighted by atomic mass is 15.1. The molecule has 234 valence electrons. The molecule has 0 aliphatic heterocycles. The van der Waals surface area contributed by atoms with Crippen molar-refractivity contribution in [3.63, 3.8) is 0 Å². The van der Waals surface area contributed by atoms with E-state index in [2.05, 4.69) is 186 Å². The molecule has 0 atom stereocenters. The SMILES string of the molecule is CC1(C)c2ccccc2-c2ccc(N(c3ccccc3)c3ccc4c(c3)C(C)(C)C(C)(C)c3c-4ccc4c3ccc3ccccc34)cc21. The quantitative estimate of drug-likeness (QED) is 0.178. The number of hydrogen-bond acceptors (Lipinski definition) is 1. The van der Waals surface area contributed by atoms with E-state index in [4.69, 9.17) is 0 Å². The van der Waals surface area contributed by atoms with Crippen LogP contribution in [-0.4, -0.2) is 0 Å². The van der Waals surface area contributed by atoms with Crippen LogP contribution in [0.5, 0.6) is 0 Å². The topological polar surface area (TPSA) is 3.24 Å². The number of benzene rings is 7. The van der Waals surface area contributed by atoms with Crippen LogP contribution in [0, 0.1) is 0 Å². The number of nitrogens with zero attached hydrogens (tertiary/aromatic N) is 1. The number of para-hydroxylation sites is 1. The van der Waals surface area contributed by atoms with Crippen LogP contribution in [0.25, 0.3) is 43.8 Å². The van der Waals surface area contributed by atoms with Gasteiger partial charge in [0, 0.05) is 27.9 Å². The lowest BCUT2D eigenvalue weighted by molar-refractivity contribution is 0.301. The highest BCUT2D eigenvalue weighted by Gasteiger charge is 2.47. The van der Waals surface area contributed by atoms with Crippen LogP contribution < -0.4 is 4.90 Å². The fourth-order valence-electron chi connectivity index (χ4n) is 8.91. The predicted octanol–water partition coefficient (Wildman–Crippen LogP) is 13.0. The Labute approximate surface area is 284 Å². The molecular weight excluding hydrogens is 579 g/mol. The Hall–Kier alpha value is -5.14. The second-order valence-electron chi connectivity index (χ2n) is 15.4. The normalized spacial score (nSPS) is 16.2. The number of fused-ring (bicyclic) bond motifs is 10. The van der Waals surface area contributed by atoms with Crippen LogP contribution in [-0.2, 0) is 16.2 Å². The Morgan fingerprint density at radius 2 is 0.958 bits per heavy atom. The van der Waals surface area contributed by atoms with Crippen molar-refractivity contribution >= 4 is 38.6 Å². The average Bonchev–Trinajstić information content (AvgIpc) is 3.33. The molecule has 2 aliphatic rings. The maximum Gasteiger partial charge on any atom is 0.0465 e.